The van der Waals surface area contributed by atoms with E-state index in [9.17, 15) is 0 Å². The molecule has 3 nitrogen and oxygen atoms in total. The lowest BCUT2D eigenvalue weighted by atomic mass is 10.2. The van der Waals surface area contributed by atoms with E-state index >= 15 is 0 Å². The zero-order valence-electron chi connectivity index (χ0n) is 7.40. The van der Waals surface area contributed by atoms with Crippen LogP contribution in [0.15, 0.2) is 38.4 Å². The van der Waals surface area contributed by atoms with Crippen molar-refractivity contribution in [1.82, 2.24) is 10.1 Å². The van der Waals surface area contributed by atoms with Gasteiger partial charge in [-0.15, -0.1) is 11.8 Å². The molecule has 0 aliphatic carbocycles. The summed E-state index contributed by atoms with van der Waals surface area (Å²) in [6.07, 6.45) is 2.02. The second-order valence-electron chi connectivity index (χ2n) is 2.57. The summed E-state index contributed by atoms with van der Waals surface area (Å²) in [5.41, 5.74) is 0.971. The second kappa shape index (κ2) is 4.14. The van der Waals surface area contributed by atoms with Gasteiger partial charge in [-0.2, -0.15) is 4.98 Å². The Morgan fingerprint density at radius 3 is 2.79 bits per heavy atom. The van der Waals surface area contributed by atoms with Gasteiger partial charge in [0.25, 0.3) is 5.89 Å². The van der Waals surface area contributed by atoms with Crippen molar-refractivity contribution in [3.05, 3.63) is 29.0 Å². The lowest BCUT2D eigenvalue weighted by molar-refractivity contribution is 0.425. The van der Waals surface area contributed by atoms with Gasteiger partial charge in [0.2, 0.25) is 4.73 Å². The molecular weight excluding hydrogens is 264 g/mol. The Bertz CT molecular complexity index is 444. The van der Waals surface area contributed by atoms with Gasteiger partial charge in [-0.05, 0) is 39.5 Å². The van der Waals surface area contributed by atoms with Crippen LogP contribution in [0.3, 0.4) is 0 Å². The molecule has 0 bridgehead atoms. The molecule has 0 N–H and O–H groups in total. The van der Waals surface area contributed by atoms with Crippen LogP contribution >= 0.6 is 27.7 Å². The monoisotopic (exact) mass is 270 g/mol. The Labute approximate surface area is 94.0 Å². The van der Waals surface area contributed by atoms with E-state index in [0.717, 1.165) is 10.5 Å². The van der Waals surface area contributed by atoms with Crippen molar-refractivity contribution in [2.45, 2.75) is 4.90 Å². The van der Waals surface area contributed by atoms with Gasteiger partial charge in [0, 0.05) is 4.90 Å². The van der Waals surface area contributed by atoms with Crippen molar-refractivity contribution in [2.24, 2.45) is 0 Å². The molecule has 0 atom stereocenters. The summed E-state index contributed by atoms with van der Waals surface area (Å²) in [7, 11) is 0. The molecule has 2 aromatic rings. The van der Waals surface area contributed by atoms with Crippen LogP contribution in [0.5, 0.6) is 0 Å². The quantitative estimate of drug-likeness (QED) is 0.786. The first kappa shape index (κ1) is 9.73. The van der Waals surface area contributed by atoms with E-state index in [-0.39, 0.29) is 0 Å². The number of rotatable bonds is 2. The number of hydrogen-bond acceptors (Lipinski definition) is 4. The van der Waals surface area contributed by atoms with E-state index in [1.807, 2.05) is 30.5 Å². The first-order valence-corrected chi connectivity index (χ1v) is 5.95. The lowest BCUT2D eigenvalue weighted by Crippen LogP contribution is -1.80. The number of halogens is 1. The molecule has 0 spiro atoms. The maximum atomic E-state index is 5.07. The molecule has 14 heavy (non-hydrogen) atoms. The van der Waals surface area contributed by atoms with Gasteiger partial charge in [-0.25, -0.2) is 0 Å². The van der Waals surface area contributed by atoms with Crippen molar-refractivity contribution in [2.75, 3.05) is 6.26 Å². The molecule has 72 valence electrons. The van der Waals surface area contributed by atoms with Gasteiger partial charge in [-0.1, -0.05) is 12.1 Å². The number of hydrogen-bond donors (Lipinski definition) is 0. The van der Waals surface area contributed by atoms with E-state index < -0.39 is 0 Å². The standard InChI is InChI=1S/C9H7BrN2OS/c1-14-7-5-3-2-4-6(7)8-11-9(10)12-13-8/h2-5H,1H3. The summed E-state index contributed by atoms with van der Waals surface area (Å²) in [5.74, 6) is 0.543. The molecule has 0 saturated carbocycles. The normalized spacial score (nSPS) is 10.4. The summed E-state index contributed by atoms with van der Waals surface area (Å²) in [6, 6.07) is 7.93. The van der Waals surface area contributed by atoms with Crippen LogP contribution in [0.4, 0.5) is 0 Å². The largest absolute Gasteiger partial charge is 0.333 e. The number of aromatic nitrogens is 2. The summed E-state index contributed by atoms with van der Waals surface area (Å²) >= 11 is 4.81. The van der Waals surface area contributed by atoms with Crippen LogP contribution in [0.1, 0.15) is 0 Å². The molecule has 5 heteroatoms. The molecule has 0 aliphatic heterocycles. The van der Waals surface area contributed by atoms with E-state index in [1.165, 1.54) is 0 Å². The molecule has 0 saturated heterocycles. The number of thioether (sulfide) groups is 1. The average molecular weight is 271 g/mol. The van der Waals surface area contributed by atoms with E-state index in [4.69, 9.17) is 4.52 Å². The first-order valence-electron chi connectivity index (χ1n) is 3.94. The van der Waals surface area contributed by atoms with Gasteiger partial charge in [0.05, 0.1) is 5.56 Å². The fourth-order valence-corrected chi connectivity index (χ4v) is 1.96. The highest BCUT2D eigenvalue weighted by Gasteiger charge is 2.10. The molecule has 0 aliphatic rings. The molecule has 0 radical (unpaired) electrons. The van der Waals surface area contributed by atoms with Crippen molar-refractivity contribution >= 4 is 27.7 Å². The highest BCUT2D eigenvalue weighted by molar-refractivity contribution is 9.10. The Hall–Kier alpha value is -0.810. The van der Waals surface area contributed by atoms with Gasteiger partial charge in [0.1, 0.15) is 0 Å². The molecule has 1 heterocycles. The van der Waals surface area contributed by atoms with Crippen LogP contribution in [0.25, 0.3) is 11.5 Å². The van der Waals surface area contributed by atoms with Gasteiger partial charge in [-0.3, -0.25) is 0 Å². The minimum Gasteiger partial charge on any atom is -0.333 e. The van der Waals surface area contributed by atoms with E-state index in [1.54, 1.807) is 11.8 Å². The third kappa shape index (κ3) is 1.83. The summed E-state index contributed by atoms with van der Waals surface area (Å²) < 4.78 is 5.55. The predicted molar refractivity (Wildman–Crippen MR) is 59.2 cm³/mol. The third-order valence-electron chi connectivity index (χ3n) is 1.74. The molecule has 0 unspecified atom stereocenters. The minimum absolute atomic E-state index is 0.475. The minimum atomic E-state index is 0.475. The SMILES string of the molecule is CSc1ccccc1-c1nc(Br)no1. The van der Waals surface area contributed by atoms with Crippen molar-refractivity contribution in [1.29, 1.82) is 0 Å². The molecule has 1 aromatic heterocycles. The summed E-state index contributed by atoms with van der Waals surface area (Å²) in [4.78, 5) is 5.24. The van der Waals surface area contributed by atoms with Crippen LogP contribution in [0, 0.1) is 0 Å². The van der Waals surface area contributed by atoms with Gasteiger partial charge in [0.15, 0.2) is 0 Å². The summed E-state index contributed by atoms with van der Waals surface area (Å²) in [5, 5.41) is 3.69. The zero-order valence-corrected chi connectivity index (χ0v) is 9.80. The number of benzene rings is 1. The van der Waals surface area contributed by atoms with Gasteiger partial charge < -0.3 is 4.52 Å². The van der Waals surface area contributed by atoms with Crippen molar-refractivity contribution in [3.8, 4) is 11.5 Å². The summed E-state index contributed by atoms with van der Waals surface area (Å²) in [6.45, 7) is 0. The van der Waals surface area contributed by atoms with Crippen molar-refractivity contribution < 1.29 is 4.52 Å². The van der Waals surface area contributed by atoms with Crippen LogP contribution in [0.2, 0.25) is 0 Å². The third-order valence-corrected chi connectivity index (χ3v) is 2.86. The highest BCUT2D eigenvalue weighted by atomic mass is 79.9. The second-order valence-corrected chi connectivity index (χ2v) is 4.13. The Morgan fingerprint density at radius 1 is 1.36 bits per heavy atom. The van der Waals surface area contributed by atoms with E-state index in [0.29, 0.717) is 10.6 Å². The van der Waals surface area contributed by atoms with Gasteiger partial charge >= 0.3 is 0 Å². The van der Waals surface area contributed by atoms with Crippen LogP contribution in [-0.4, -0.2) is 16.4 Å². The Morgan fingerprint density at radius 2 is 2.14 bits per heavy atom. The topological polar surface area (TPSA) is 38.9 Å². The molecule has 0 amide bonds. The van der Waals surface area contributed by atoms with E-state index in [2.05, 4.69) is 26.1 Å². The van der Waals surface area contributed by atoms with Crippen molar-refractivity contribution in [3.63, 3.8) is 0 Å². The van der Waals surface area contributed by atoms with Crippen LogP contribution in [-0.2, 0) is 0 Å². The smallest absolute Gasteiger partial charge is 0.259 e. The lowest BCUT2D eigenvalue weighted by Gasteiger charge is -2.00. The average Bonchev–Trinajstić information content (AvgIpc) is 2.65. The maximum absolute atomic E-state index is 5.07. The molecule has 0 fully saturated rings. The fraction of sp³-hybridized carbons (Fsp3) is 0.111. The molecule has 2 rings (SSSR count). The zero-order chi connectivity index (χ0) is 9.97. The fourth-order valence-electron chi connectivity index (χ4n) is 1.14. The first-order chi connectivity index (χ1) is 6.81. The highest BCUT2D eigenvalue weighted by Crippen LogP contribution is 2.29. The molecule has 1 aromatic carbocycles. The number of nitrogens with zero attached hydrogens (tertiary/aromatic N) is 2. The maximum Gasteiger partial charge on any atom is 0.259 e. The van der Waals surface area contributed by atoms with Crippen LogP contribution < -0.4 is 0 Å². The molecular formula is C9H7BrN2OS. The Kier molecular flexibility index (Phi) is 2.88. The predicted octanol–water partition coefficient (Wildman–Crippen LogP) is 3.22. The Balaban J connectivity index is 2.50.